The van der Waals surface area contributed by atoms with E-state index in [0.29, 0.717) is 0 Å². The first kappa shape index (κ1) is 9.41. The fraction of sp³-hybridized carbons (Fsp3) is 0.571. The van der Waals surface area contributed by atoms with Gasteiger partial charge in [-0.3, -0.25) is 4.90 Å². The van der Waals surface area contributed by atoms with Crippen LogP contribution < -0.4 is 0 Å². The quantitative estimate of drug-likeness (QED) is 0.711. The topological polar surface area (TPSA) is 3.24 Å². The third kappa shape index (κ3) is 1.69. The lowest BCUT2D eigenvalue weighted by Gasteiger charge is -2.15. The second kappa shape index (κ2) is 3.34. The highest BCUT2D eigenvalue weighted by Gasteiger charge is 2.52. The molecule has 15 heavy (non-hydrogen) atoms. The van der Waals surface area contributed by atoms with E-state index in [1.54, 1.807) is 0 Å². The molecule has 2 fully saturated rings. The molecule has 1 saturated carbocycles. The summed E-state index contributed by atoms with van der Waals surface area (Å²) in [7, 11) is 0. The molecule has 2 aliphatic rings. The molecule has 1 aliphatic heterocycles. The maximum absolute atomic E-state index is 2.63. The second-order valence-electron chi connectivity index (χ2n) is 5.42. The third-order valence-corrected chi connectivity index (χ3v) is 4.26. The molecule has 0 radical (unpaired) electrons. The Labute approximate surface area is 92.1 Å². The summed E-state index contributed by atoms with van der Waals surface area (Å²) in [4.78, 5) is 2.63. The van der Waals surface area contributed by atoms with Crippen LogP contribution in [0.25, 0.3) is 0 Å². The smallest absolute Gasteiger partial charge is 0.0234 e. The average Bonchev–Trinajstić information content (AvgIpc) is 2.93. The van der Waals surface area contributed by atoms with Crippen molar-refractivity contribution >= 4 is 0 Å². The van der Waals surface area contributed by atoms with Crippen LogP contribution in [-0.4, -0.2) is 18.0 Å². The standard InChI is InChI=1S/C14H19N/c1-12-9-15(11-14(12)7-8-14)10-13-5-3-2-4-6-13/h2-6,12H,7-11H2,1H3/t12-/m1/s1. The van der Waals surface area contributed by atoms with E-state index < -0.39 is 0 Å². The maximum atomic E-state index is 2.63. The van der Waals surface area contributed by atoms with Crippen LogP contribution in [0.15, 0.2) is 30.3 Å². The fourth-order valence-electron chi connectivity index (χ4n) is 3.02. The molecule has 0 amide bonds. The van der Waals surface area contributed by atoms with E-state index in [0.717, 1.165) is 17.9 Å². The minimum atomic E-state index is 0.731. The highest BCUT2D eigenvalue weighted by molar-refractivity contribution is 5.15. The Balaban J connectivity index is 1.66. The summed E-state index contributed by atoms with van der Waals surface area (Å²) in [5, 5.41) is 0. The van der Waals surface area contributed by atoms with Crippen molar-refractivity contribution < 1.29 is 0 Å². The van der Waals surface area contributed by atoms with E-state index in [1.165, 1.54) is 31.5 Å². The van der Waals surface area contributed by atoms with Crippen molar-refractivity contribution in [1.29, 1.82) is 0 Å². The third-order valence-electron chi connectivity index (χ3n) is 4.26. The van der Waals surface area contributed by atoms with E-state index in [4.69, 9.17) is 0 Å². The molecule has 1 heterocycles. The average molecular weight is 201 g/mol. The minimum Gasteiger partial charge on any atom is -0.298 e. The van der Waals surface area contributed by atoms with Crippen molar-refractivity contribution in [3.63, 3.8) is 0 Å². The molecule has 0 bridgehead atoms. The Kier molecular flexibility index (Phi) is 2.10. The van der Waals surface area contributed by atoms with Gasteiger partial charge in [0.2, 0.25) is 0 Å². The second-order valence-corrected chi connectivity index (χ2v) is 5.42. The van der Waals surface area contributed by atoms with Gasteiger partial charge in [-0.25, -0.2) is 0 Å². The Hall–Kier alpha value is -0.820. The minimum absolute atomic E-state index is 0.731. The van der Waals surface area contributed by atoms with Gasteiger partial charge in [0.1, 0.15) is 0 Å². The van der Waals surface area contributed by atoms with Gasteiger partial charge in [-0.1, -0.05) is 37.3 Å². The molecule has 1 aromatic carbocycles. The lowest BCUT2D eigenvalue weighted by atomic mass is 9.95. The monoisotopic (exact) mass is 201 g/mol. The van der Waals surface area contributed by atoms with Gasteiger partial charge in [-0.05, 0) is 29.7 Å². The Bertz CT molecular complexity index is 340. The molecule has 80 valence electrons. The van der Waals surface area contributed by atoms with Crippen molar-refractivity contribution in [1.82, 2.24) is 4.90 Å². The number of hydrogen-bond acceptors (Lipinski definition) is 1. The van der Waals surface area contributed by atoms with Crippen LogP contribution in [0.3, 0.4) is 0 Å². The van der Waals surface area contributed by atoms with Crippen LogP contribution in [0.5, 0.6) is 0 Å². The molecule has 1 aromatic rings. The van der Waals surface area contributed by atoms with Crippen LogP contribution in [0.4, 0.5) is 0 Å². The molecule has 1 aliphatic carbocycles. The lowest BCUT2D eigenvalue weighted by Crippen LogP contribution is -2.20. The molecule has 0 N–H and O–H groups in total. The zero-order valence-electron chi connectivity index (χ0n) is 9.45. The zero-order valence-corrected chi connectivity index (χ0v) is 9.45. The van der Waals surface area contributed by atoms with Crippen molar-refractivity contribution in [2.75, 3.05) is 13.1 Å². The number of hydrogen-bond donors (Lipinski definition) is 0. The van der Waals surface area contributed by atoms with Crippen LogP contribution in [0, 0.1) is 11.3 Å². The number of rotatable bonds is 2. The highest BCUT2D eigenvalue weighted by Crippen LogP contribution is 2.56. The van der Waals surface area contributed by atoms with E-state index in [9.17, 15) is 0 Å². The van der Waals surface area contributed by atoms with Gasteiger partial charge in [-0.15, -0.1) is 0 Å². The van der Waals surface area contributed by atoms with Crippen molar-refractivity contribution in [2.45, 2.75) is 26.3 Å². The molecule has 1 atom stereocenters. The Morgan fingerprint density at radius 3 is 2.60 bits per heavy atom. The van der Waals surface area contributed by atoms with E-state index in [1.807, 2.05) is 0 Å². The summed E-state index contributed by atoms with van der Waals surface area (Å²) in [5.41, 5.74) is 2.19. The van der Waals surface area contributed by atoms with Crippen LogP contribution in [-0.2, 0) is 6.54 Å². The molecular weight excluding hydrogens is 182 g/mol. The molecule has 1 spiro atoms. The molecule has 1 heteroatoms. The summed E-state index contributed by atoms with van der Waals surface area (Å²) in [6, 6.07) is 10.9. The van der Waals surface area contributed by atoms with Crippen LogP contribution >= 0.6 is 0 Å². The van der Waals surface area contributed by atoms with Crippen molar-refractivity contribution in [3.8, 4) is 0 Å². The van der Waals surface area contributed by atoms with Gasteiger partial charge < -0.3 is 0 Å². The highest BCUT2D eigenvalue weighted by atomic mass is 15.2. The van der Waals surface area contributed by atoms with E-state index in [-0.39, 0.29) is 0 Å². The van der Waals surface area contributed by atoms with Gasteiger partial charge in [-0.2, -0.15) is 0 Å². The molecule has 0 unspecified atom stereocenters. The van der Waals surface area contributed by atoms with Crippen molar-refractivity contribution in [2.24, 2.45) is 11.3 Å². The summed E-state index contributed by atoms with van der Waals surface area (Å²) in [5.74, 6) is 0.918. The van der Waals surface area contributed by atoms with Gasteiger partial charge in [0.05, 0.1) is 0 Å². The Morgan fingerprint density at radius 1 is 1.27 bits per heavy atom. The van der Waals surface area contributed by atoms with Gasteiger partial charge in [0.15, 0.2) is 0 Å². The molecule has 1 nitrogen and oxygen atoms in total. The normalized spacial score (nSPS) is 28.5. The predicted molar refractivity (Wildman–Crippen MR) is 62.6 cm³/mol. The van der Waals surface area contributed by atoms with E-state index in [2.05, 4.69) is 42.2 Å². The molecule has 1 saturated heterocycles. The van der Waals surface area contributed by atoms with Gasteiger partial charge in [0, 0.05) is 19.6 Å². The predicted octanol–water partition coefficient (Wildman–Crippen LogP) is 2.92. The number of benzene rings is 1. The first-order valence-electron chi connectivity index (χ1n) is 6.05. The first-order chi connectivity index (χ1) is 7.28. The fourth-order valence-corrected chi connectivity index (χ4v) is 3.02. The zero-order chi connectivity index (χ0) is 10.3. The molecule has 3 rings (SSSR count). The number of nitrogens with zero attached hydrogens (tertiary/aromatic N) is 1. The molecule has 0 aromatic heterocycles. The maximum Gasteiger partial charge on any atom is 0.0234 e. The summed E-state index contributed by atoms with van der Waals surface area (Å²) in [6.07, 6.45) is 2.94. The van der Waals surface area contributed by atoms with Crippen LogP contribution in [0.2, 0.25) is 0 Å². The SMILES string of the molecule is C[C@@H]1CN(Cc2ccccc2)CC12CC2. The van der Waals surface area contributed by atoms with Crippen LogP contribution in [0.1, 0.15) is 25.3 Å². The first-order valence-corrected chi connectivity index (χ1v) is 6.05. The summed E-state index contributed by atoms with van der Waals surface area (Å²) >= 11 is 0. The Morgan fingerprint density at radius 2 is 2.00 bits per heavy atom. The molecular formula is C14H19N. The summed E-state index contributed by atoms with van der Waals surface area (Å²) < 4.78 is 0. The van der Waals surface area contributed by atoms with Crippen molar-refractivity contribution in [3.05, 3.63) is 35.9 Å². The van der Waals surface area contributed by atoms with Gasteiger partial charge >= 0.3 is 0 Å². The lowest BCUT2D eigenvalue weighted by molar-refractivity contribution is 0.311. The summed E-state index contributed by atoms with van der Waals surface area (Å²) in [6.45, 7) is 6.21. The van der Waals surface area contributed by atoms with E-state index >= 15 is 0 Å². The van der Waals surface area contributed by atoms with Gasteiger partial charge in [0.25, 0.3) is 0 Å². The number of likely N-dealkylation sites (tertiary alicyclic amines) is 1. The largest absolute Gasteiger partial charge is 0.298 e.